The van der Waals surface area contributed by atoms with E-state index in [-0.39, 0.29) is 22.9 Å². The summed E-state index contributed by atoms with van der Waals surface area (Å²) < 4.78 is 53.6. The van der Waals surface area contributed by atoms with Crippen LogP contribution in [0.15, 0.2) is 53.4 Å². The van der Waals surface area contributed by atoms with Crippen LogP contribution in [-0.2, 0) is 14.8 Å². The van der Waals surface area contributed by atoms with Crippen LogP contribution in [0.1, 0.15) is 35.7 Å². The van der Waals surface area contributed by atoms with Crippen molar-refractivity contribution in [3.05, 3.63) is 71.3 Å². The maximum absolute atomic E-state index is 13.9. The molecule has 9 heteroatoms. The third-order valence-electron chi connectivity index (χ3n) is 5.31. The Bertz CT molecular complexity index is 1120. The van der Waals surface area contributed by atoms with Crippen LogP contribution in [0.25, 0.3) is 6.08 Å². The van der Waals surface area contributed by atoms with Gasteiger partial charge in [-0.25, -0.2) is 21.9 Å². The fraction of sp³-hybridized carbons (Fsp3) is 0.304. The van der Waals surface area contributed by atoms with E-state index < -0.39 is 33.4 Å². The third-order valence-corrected chi connectivity index (χ3v) is 6.88. The monoisotopic (exact) mass is 462 g/mol. The molecule has 0 saturated carbocycles. The highest BCUT2D eigenvalue weighted by Gasteiger charge is 2.29. The zero-order chi connectivity index (χ0) is 23.3. The first-order valence-corrected chi connectivity index (χ1v) is 11.8. The molecule has 170 valence electrons. The summed E-state index contributed by atoms with van der Waals surface area (Å²) in [7, 11) is -3.53. The summed E-state index contributed by atoms with van der Waals surface area (Å²) >= 11 is 0. The second-order valence-electron chi connectivity index (χ2n) is 7.49. The van der Waals surface area contributed by atoms with Crippen LogP contribution in [0.2, 0.25) is 0 Å². The molecular weight excluding hydrogens is 438 g/mol. The Morgan fingerprint density at radius 3 is 2.38 bits per heavy atom. The lowest BCUT2D eigenvalue weighted by atomic mass is 9.88. The van der Waals surface area contributed by atoms with Crippen molar-refractivity contribution in [1.29, 1.82) is 0 Å². The number of nitrogens with zero attached hydrogens (tertiary/aromatic N) is 1. The van der Waals surface area contributed by atoms with E-state index in [9.17, 15) is 26.8 Å². The molecule has 6 nitrogen and oxygen atoms in total. The maximum Gasteiger partial charge on any atom is 0.246 e. The summed E-state index contributed by atoms with van der Waals surface area (Å²) in [5.41, 5.74) is 0.412. The van der Waals surface area contributed by atoms with Gasteiger partial charge in [0.05, 0.1) is 10.5 Å². The molecule has 0 spiro atoms. The second-order valence-corrected chi connectivity index (χ2v) is 9.26. The quantitative estimate of drug-likeness (QED) is 0.505. The first-order valence-electron chi connectivity index (χ1n) is 10.3. The molecule has 0 radical (unpaired) electrons. The Morgan fingerprint density at radius 1 is 1.09 bits per heavy atom. The molecule has 1 N–H and O–H groups in total. The Hall–Kier alpha value is -2.91. The van der Waals surface area contributed by atoms with Crippen molar-refractivity contribution in [2.75, 3.05) is 19.6 Å². The van der Waals surface area contributed by atoms with Crippen LogP contribution in [0.5, 0.6) is 0 Å². The normalized spacial score (nSPS) is 15.3. The highest BCUT2D eigenvalue weighted by Crippen LogP contribution is 2.24. The highest BCUT2D eigenvalue weighted by molar-refractivity contribution is 7.89. The van der Waals surface area contributed by atoms with Crippen LogP contribution >= 0.6 is 0 Å². The van der Waals surface area contributed by atoms with E-state index in [2.05, 4.69) is 4.72 Å². The van der Waals surface area contributed by atoms with Crippen molar-refractivity contribution in [2.45, 2.75) is 24.7 Å². The number of ketones is 1. The van der Waals surface area contributed by atoms with Crippen molar-refractivity contribution in [3.8, 4) is 0 Å². The number of piperidine rings is 1. The molecule has 32 heavy (non-hydrogen) atoms. The van der Waals surface area contributed by atoms with Gasteiger partial charge in [0.2, 0.25) is 15.9 Å². The molecule has 1 saturated heterocycles. The average molecular weight is 463 g/mol. The minimum atomic E-state index is -3.53. The van der Waals surface area contributed by atoms with Gasteiger partial charge in [-0.15, -0.1) is 0 Å². The second kappa shape index (κ2) is 10.1. The first-order chi connectivity index (χ1) is 15.2. The summed E-state index contributed by atoms with van der Waals surface area (Å²) in [4.78, 5) is 26.7. The molecule has 3 rings (SSSR count). The predicted octanol–water partition coefficient (Wildman–Crippen LogP) is 3.40. The number of nitrogens with one attached hydrogen (secondary N) is 1. The molecule has 1 amide bonds. The van der Waals surface area contributed by atoms with Gasteiger partial charge < -0.3 is 4.90 Å². The van der Waals surface area contributed by atoms with Crippen molar-refractivity contribution in [2.24, 2.45) is 5.92 Å². The number of carbonyl (C=O) groups is 2. The lowest BCUT2D eigenvalue weighted by Crippen LogP contribution is -2.39. The minimum absolute atomic E-state index is 0.143. The van der Waals surface area contributed by atoms with Gasteiger partial charge in [0.15, 0.2) is 5.78 Å². The van der Waals surface area contributed by atoms with Crippen LogP contribution in [0.3, 0.4) is 0 Å². The number of rotatable bonds is 7. The minimum Gasteiger partial charge on any atom is -0.339 e. The van der Waals surface area contributed by atoms with Crippen LogP contribution in [-0.4, -0.2) is 44.6 Å². The van der Waals surface area contributed by atoms with Crippen LogP contribution < -0.4 is 4.72 Å². The molecule has 0 aliphatic carbocycles. The number of hydrogen-bond acceptors (Lipinski definition) is 4. The fourth-order valence-electron chi connectivity index (χ4n) is 3.57. The van der Waals surface area contributed by atoms with Gasteiger partial charge in [-0.3, -0.25) is 9.59 Å². The summed E-state index contributed by atoms with van der Waals surface area (Å²) in [6, 6.07) is 8.95. The number of hydrogen-bond donors (Lipinski definition) is 1. The molecule has 0 atom stereocenters. The van der Waals surface area contributed by atoms with Gasteiger partial charge in [0.1, 0.15) is 11.6 Å². The Morgan fingerprint density at radius 2 is 1.75 bits per heavy atom. The number of halogens is 2. The molecule has 1 aliphatic rings. The van der Waals surface area contributed by atoms with Gasteiger partial charge >= 0.3 is 0 Å². The number of sulfonamides is 1. The molecule has 1 aliphatic heterocycles. The van der Waals surface area contributed by atoms with Crippen molar-refractivity contribution in [3.63, 3.8) is 0 Å². The lowest BCUT2D eigenvalue weighted by molar-refractivity contribution is -0.127. The molecule has 1 fully saturated rings. The molecule has 0 unspecified atom stereocenters. The average Bonchev–Trinajstić information content (AvgIpc) is 2.79. The van der Waals surface area contributed by atoms with Gasteiger partial charge in [-0.1, -0.05) is 19.1 Å². The zero-order valence-electron chi connectivity index (χ0n) is 17.6. The summed E-state index contributed by atoms with van der Waals surface area (Å²) in [5, 5.41) is 0. The standard InChI is InChI=1S/C23H24F2N2O4S/c1-2-26-32(30,31)19-7-3-16(4-8-19)5-10-22(28)27-13-11-17(12-14-27)23(29)20-15-18(24)6-9-21(20)25/h3-10,15,17,26H,2,11-14H2,1H3/b10-5+. The number of amides is 1. The molecule has 0 aromatic heterocycles. The van der Waals surface area contributed by atoms with Crippen molar-refractivity contribution < 1.29 is 26.8 Å². The molecule has 0 bridgehead atoms. The van der Waals surface area contributed by atoms with Crippen LogP contribution in [0, 0.1) is 17.6 Å². The van der Waals surface area contributed by atoms with Crippen molar-refractivity contribution in [1.82, 2.24) is 9.62 Å². The third kappa shape index (κ3) is 5.66. The smallest absolute Gasteiger partial charge is 0.246 e. The zero-order valence-corrected chi connectivity index (χ0v) is 18.4. The summed E-state index contributed by atoms with van der Waals surface area (Å²) in [6.45, 7) is 2.64. The molecule has 2 aromatic rings. The van der Waals surface area contributed by atoms with Gasteiger partial charge in [-0.2, -0.15) is 0 Å². The Kier molecular flexibility index (Phi) is 7.52. The van der Waals surface area contributed by atoms with E-state index in [0.717, 1.165) is 18.2 Å². The topological polar surface area (TPSA) is 83.6 Å². The van der Waals surface area contributed by atoms with E-state index in [1.165, 1.54) is 18.2 Å². The largest absolute Gasteiger partial charge is 0.339 e. The summed E-state index contributed by atoms with van der Waals surface area (Å²) in [5.74, 6) is -2.57. The maximum atomic E-state index is 13.9. The summed E-state index contributed by atoms with van der Waals surface area (Å²) in [6.07, 6.45) is 3.71. The van der Waals surface area contributed by atoms with E-state index in [1.807, 2.05) is 0 Å². The van der Waals surface area contributed by atoms with E-state index >= 15 is 0 Å². The Labute approximate surface area is 186 Å². The molecular formula is C23H24F2N2O4S. The van der Waals surface area contributed by atoms with E-state index in [0.29, 0.717) is 31.5 Å². The number of likely N-dealkylation sites (tertiary alicyclic amines) is 1. The number of benzene rings is 2. The van der Waals surface area contributed by atoms with Gasteiger partial charge in [0, 0.05) is 31.6 Å². The van der Waals surface area contributed by atoms with Crippen molar-refractivity contribution >= 4 is 27.8 Å². The predicted molar refractivity (Wildman–Crippen MR) is 116 cm³/mol. The van der Waals surface area contributed by atoms with Gasteiger partial charge in [-0.05, 0) is 54.8 Å². The number of Topliss-reactive ketones (excluding diaryl/α,β-unsaturated/α-hetero) is 1. The SMILES string of the molecule is CCNS(=O)(=O)c1ccc(/C=C/C(=O)N2CCC(C(=O)c3cc(F)ccc3F)CC2)cc1. The van der Waals surface area contributed by atoms with Crippen LogP contribution in [0.4, 0.5) is 8.78 Å². The Balaban J connectivity index is 1.57. The molecule has 2 aromatic carbocycles. The van der Waals surface area contributed by atoms with E-state index in [4.69, 9.17) is 0 Å². The number of carbonyl (C=O) groups excluding carboxylic acids is 2. The first kappa shape index (κ1) is 23.7. The van der Waals surface area contributed by atoms with E-state index in [1.54, 1.807) is 30.0 Å². The molecule has 1 heterocycles. The lowest BCUT2D eigenvalue weighted by Gasteiger charge is -2.30. The highest BCUT2D eigenvalue weighted by atomic mass is 32.2. The van der Waals surface area contributed by atoms with Gasteiger partial charge in [0.25, 0.3) is 0 Å². The fourth-order valence-corrected chi connectivity index (χ4v) is 4.61.